The van der Waals surface area contributed by atoms with Crippen molar-refractivity contribution in [2.45, 2.75) is 6.18 Å². The third-order valence-electron chi connectivity index (χ3n) is 2.53. The quantitative estimate of drug-likeness (QED) is 0.789. The van der Waals surface area contributed by atoms with E-state index in [0.717, 1.165) is 23.5 Å². The van der Waals surface area contributed by atoms with Crippen LogP contribution in [-0.2, 0) is 6.18 Å². The van der Waals surface area contributed by atoms with Gasteiger partial charge in [-0.25, -0.2) is 0 Å². The molecule has 0 spiro atoms. The first-order valence-electron chi connectivity index (χ1n) is 5.59. The summed E-state index contributed by atoms with van der Waals surface area (Å²) in [5, 5.41) is 13.7. The molecule has 0 atom stereocenters. The van der Waals surface area contributed by atoms with Gasteiger partial charge in [-0.05, 0) is 18.2 Å². The second-order valence-electron chi connectivity index (χ2n) is 4.00. The number of anilines is 1. The summed E-state index contributed by atoms with van der Waals surface area (Å²) < 4.78 is 39.1. The first-order chi connectivity index (χ1) is 9.93. The van der Waals surface area contributed by atoms with Crippen LogP contribution in [0.5, 0.6) is 0 Å². The smallest absolute Gasteiger partial charge is 0.320 e. The highest BCUT2D eigenvalue weighted by Crippen LogP contribution is 2.30. The zero-order chi connectivity index (χ0) is 15.0. The molecule has 1 aromatic carbocycles. The molecule has 10 heteroatoms. The second-order valence-corrected chi connectivity index (χ2v) is 4.95. The molecule has 3 rings (SSSR count). The van der Waals surface area contributed by atoms with Crippen molar-refractivity contribution < 1.29 is 18.0 Å². The van der Waals surface area contributed by atoms with E-state index in [9.17, 15) is 18.0 Å². The van der Waals surface area contributed by atoms with Crippen LogP contribution in [0.2, 0.25) is 0 Å². The molecule has 108 valence electrons. The predicted molar refractivity (Wildman–Crippen MR) is 68.1 cm³/mol. The standard InChI is InChI=1S/C11H6F3N5OS/c12-11(13,14)6-2-1-3-7(4-6)16-8(20)9-18-19-5-15-17-10(19)21-9/h1-5H,(H,16,20). The van der Waals surface area contributed by atoms with Crippen LogP contribution in [0.3, 0.4) is 0 Å². The molecule has 0 aliphatic heterocycles. The Morgan fingerprint density at radius 1 is 1.33 bits per heavy atom. The molecule has 0 aliphatic carbocycles. The van der Waals surface area contributed by atoms with Crippen LogP contribution in [0.1, 0.15) is 15.4 Å². The molecule has 3 aromatic rings. The molecular formula is C11H6F3N5OS. The van der Waals surface area contributed by atoms with Gasteiger partial charge in [-0.1, -0.05) is 17.4 Å². The van der Waals surface area contributed by atoms with Gasteiger partial charge in [-0.2, -0.15) is 17.7 Å². The average Bonchev–Trinajstić information content (AvgIpc) is 2.98. The largest absolute Gasteiger partial charge is 0.416 e. The Morgan fingerprint density at radius 2 is 2.14 bits per heavy atom. The van der Waals surface area contributed by atoms with Gasteiger partial charge in [0.2, 0.25) is 9.97 Å². The highest BCUT2D eigenvalue weighted by molar-refractivity contribution is 7.18. The summed E-state index contributed by atoms with van der Waals surface area (Å²) in [7, 11) is 0. The summed E-state index contributed by atoms with van der Waals surface area (Å²) in [5.74, 6) is -0.607. The van der Waals surface area contributed by atoms with Crippen molar-refractivity contribution in [1.29, 1.82) is 0 Å². The van der Waals surface area contributed by atoms with Crippen molar-refractivity contribution in [1.82, 2.24) is 19.8 Å². The lowest BCUT2D eigenvalue weighted by Crippen LogP contribution is -2.13. The van der Waals surface area contributed by atoms with Crippen molar-refractivity contribution in [3.05, 3.63) is 41.2 Å². The number of alkyl halides is 3. The lowest BCUT2D eigenvalue weighted by atomic mass is 10.2. The number of nitrogens with zero attached hydrogens (tertiary/aromatic N) is 4. The Morgan fingerprint density at radius 3 is 2.86 bits per heavy atom. The first kappa shape index (κ1) is 13.5. The summed E-state index contributed by atoms with van der Waals surface area (Å²) in [4.78, 5) is 12.4. The van der Waals surface area contributed by atoms with E-state index in [-0.39, 0.29) is 10.7 Å². The van der Waals surface area contributed by atoms with Gasteiger partial charge in [0, 0.05) is 5.69 Å². The first-order valence-corrected chi connectivity index (χ1v) is 6.40. The van der Waals surface area contributed by atoms with Gasteiger partial charge < -0.3 is 5.32 Å². The molecule has 0 bridgehead atoms. The van der Waals surface area contributed by atoms with E-state index in [1.807, 2.05) is 0 Å². The third kappa shape index (κ3) is 2.70. The van der Waals surface area contributed by atoms with Crippen molar-refractivity contribution in [2.24, 2.45) is 0 Å². The zero-order valence-corrected chi connectivity index (χ0v) is 10.9. The SMILES string of the molecule is O=C(Nc1cccc(C(F)(F)F)c1)c1nn2cnnc2s1. The van der Waals surface area contributed by atoms with Crippen LogP contribution < -0.4 is 5.32 Å². The highest BCUT2D eigenvalue weighted by Gasteiger charge is 2.30. The van der Waals surface area contributed by atoms with Gasteiger partial charge in [0.05, 0.1) is 5.56 Å². The molecule has 2 aromatic heterocycles. The average molecular weight is 313 g/mol. The van der Waals surface area contributed by atoms with Gasteiger partial charge in [0.15, 0.2) is 0 Å². The van der Waals surface area contributed by atoms with E-state index < -0.39 is 17.6 Å². The Hall–Kier alpha value is -2.49. The van der Waals surface area contributed by atoms with Crippen molar-refractivity contribution in [2.75, 3.05) is 5.32 Å². The fraction of sp³-hybridized carbons (Fsp3) is 0.0909. The van der Waals surface area contributed by atoms with E-state index in [1.54, 1.807) is 0 Å². The van der Waals surface area contributed by atoms with Crippen molar-refractivity contribution in [3.63, 3.8) is 0 Å². The van der Waals surface area contributed by atoms with Crippen LogP contribution in [0.25, 0.3) is 4.96 Å². The van der Waals surface area contributed by atoms with Crippen molar-refractivity contribution >= 4 is 27.9 Å². The number of nitrogens with one attached hydrogen (secondary N) is 1. The van der Waals surface area contributed by atoms with Crippen LogP contribution >= 0.6 is 11.3 Å². The summed E-state index contributed by atoms with van der Waals surface area (Å²) in [6.45, 7) is 0. The van der Waals surface area contributed by atoms with Crippen LogP contribution in [0.4, 0.5) is 18.9 Å². The highest BCUT2D eigenvalue weighted by atomic mass is 32.1. The fourth-order valence-electron chi connectivity index (χ4n) is 1.61. The Kier molecular flexibility index (Phi) is 3.09. The Labute approximate surface area is 119 Å². The number of halogens is 3. The lowest BCUT2D eigenvalue weighted by Gasteiger charge is -2.08. The van der Waals surface area contributed by atoms with E-state index in [2.05, 4.69) is 20.6 Å². The topological polar surface area (TPSA) is 72.2 Å². The zero-order valence-electron chi connectivity index (χ0n) is 10.1. The number of rotatable bonds is 2. The minimum absolute atomic E-state index is 0.0424. The number of amides is 1. The van der Waals surface area contributed by atoms with E-state index >= 15 is 0 Å². The monoisotopic (exact) mass is 313 g/mol. The van der Waals surface area contributed by atoms with Crippen molar-refractivity contribution in [3.8, 4) is 0 Å². The summed E-state index contributed by atoms with van der Waals surface area (Å²) in [6.07, 6.45) is -3.14. The molecule has 0 saturated carbocycles. The molecular weight excluding hydrogens is 307 g/mol. The van der Waals surface area contributed by atoms with Crippen LogP contribution in [0, 0.1) is 0 Å². The van der Waals surface area contributed by atoms with E-state index in [0.29, 0.717) is 4.96 Å². The molecule has 6 nitrogen and oxygen atoms in total. The fourth-order valence-corrected chi connectivity index (χ4v) is 2.32. The number of hydrogen-bond donors (Lipinski definition) is 1. The van der Waals surface area contributed by atoms with E-state index in [1.165, 1.54) is 23.0 Å². The van der Waals surface area contributed by atoms with Crippen LogP contribution in [-0.4, -0.2) is 25.7 Å². The predicted octanol–water partition coefficient (Wildman–Crippen LogP) is 2.46. The molecule has 2 heterocycles. The number of fused-ring (bicyclic) bond motifs is 1. The normalized spacial score (nSPS) is 11.8. The Balaban J connectivity index is 1.83. The van der Waals surface area contributed by atoms with Gasteiger partial charge in [0.1, 0.15) is 6.33 Å². The summed E-state index contributed by atoms with van der Waals surface area (Å²) in [5.41, 5.74) is -0.792. The number of aromatic nitrogens is 4. The van der Waals surface area contributed by atoms with Crippen LogP contribution in [0.15, 0.2) is 30.6 Å². The molecule has 1 N–H and O–H groups in total. The molecule has 0 fully saturated rings. The maximum atomic E-state index is 12.6. The van der Waals surface area contributed by atoms with Gasteiger partial charge >= 0.3 is 6.18 Å². The minimum Gasteiger partial charge on any atom is -0.320 e. The van der Waals surface area contributed by atoms with Gasteiger partial charge in [-0.3, -0.25) is 4.79 Å². The number of carbonyl (C=O) groups excluding carboxylic acids is 1. The number of hydrogen-bond acceptors (Lipinski definition) is 5. The molecule has 0 radical (unpaired) electrons. The molecule has 0 aliphatic rings. The Bertz CT molecular complexity index is 781. The van der Waals surface area contributed by atoms with Gasteiger partial charge in [-0.15, -0.1) is 15.3 Å². The lowest BCUT2D eigenvalue weighted by molar-refractivity contribution is -0.137. The molecule has 1 amide bonds. The number of benzene rings is 1. The maximum absolute atomic E-state index is 12.6. The molecule has 21 heavy (non-hydrogen) atoms. The minimum atomic E-state index is -4.46. The second kappa shape index (κ2) is 4.81. The molecule has 0 unspecified atom stereocenters. The van der Waals surface area contributed by atoms with Gasteiger partial charge in [0.25, 0.3) is 5.91 Å². The summed E-state index contributed by atoms with van der Waals surface area (Å²) >= 11 is 0.985. The van der Waals surface area contributed by atoms with E-state index in [4.69, 9.17) is 0 Å². The summed E-state index contributed by atoms with van der Waals surface area (Å²) in [6, 6.07) is 4.38. The molecule has 0 saturated heterocycles. The maximum Gasteiger partial charge on any atom is 0.416 e. The number of carbonyl (C=O) groups is 1. The third-order valence-corrected chi connectivity index (χ3v) is 3.44.